The van der Waals surface area contributed by atoms with Gasteiger partial charge in [-0.25, -0.2) is 0 Å². The van der Waals surface area contributed by atoms with E-state index in [1.807, 2.05) is 43.3 Å². The SMILES string of the molecule is C#Cc1ccccc1/C=C\C. The van der Waals surface area contributed by atoms with Crippen LogP contribution in [0.25, 0.3) is 6.08 Å². The van der Waals surface area contributed by atoms with Crippen LogP contribution in [-0.4, -0.2) is 0 Å². The lowest BCUT2D eigenvalue weighted by Crippen LogP contribution is -1.78. The summed E-state index contributed by atoms with van der Waals surface area (Å²) < 4.78 is 0. The van der Waals surface area contributed by atoms with Gasteiger partial charge in [-0.2, -0.15) is 0 Å². The first kappa shape index (κ1) is 7.63. The van der Waals surface area contributed by atoms with Crippen LogP contribution in [0.5, 0.6) is 0 Å². The van der Waals surface area contributed by atoms with Crippen molar-refractivity contribution < 1.29 is 0 Å². The molecule has 0 atom stereocenters. The van der Waals surface area contributed by atoms with E-state index in [0.29, 0.717) is 0 Å². The van der Waals surface area contributed by atoms with Gasteiger partial charge in [0.25, 0.3) is 0 Å². The van der Waals surface area contributed by atoms with Gasteiger partial charge in [-0.3, -0.25) is 0 Å². The van der Waals surface area contributed by atoms with Crippen LogP contribution in [0.15, 0.2) is 30.3 Å². The van der Waals surface area contributed by atoms with Crippen molar-refractivity contribution in [2.75, 3.05) is 0 Å². The van der Waals surface area contributed by atoms with Gasteiger partial charge in [-0.1, -0.05) is 36.3 Å². The van der Waals surface area contributed by atoms with E-state index < -0.39 is 0 Å². The number of hydrogen-bond donors (Lipinski definition) is 0. The lowest BCUT2D eigenvalue weighted by molar-refractivity contribution is 1.59. The number of allylic oxidation sites excluding steroid dienone is 1. The van der Waals surface area contributed by atoms with Crippen molar-refractivity contribution in [1.29, 1.82) is 0 Å². The van der Waals surface area contributed by atoms with Gasteiger partial charge in [-0.15, -0.1) is 6.42 Å². The average Bonchev–Trinajstić information content (AvgIpc) is 2.06. The van der Waals surface area contributed by atoms with E-state index in [1.165, 1.54) is 0 Å². The molecule has 0 fully saturated rings. The summed E-state index contributed by atoms with van der Waals surface area (Å²) >= 11 is 0. The van der Waals surface area contributed by atoms with E-state index in [0.717, 1.165) is 11.1 Å². The largest absolute Gasteiger partial charge is 0.115 e. The van der Waals surface area contributed by atoms with E-state index in [2.05, 4.69) is 5.92 Å². The molecular weight excluding hydrogens is 132 g/mol. The lowest BCUT2D eigenvalue weighted by atomic mass is 10.1. The second-order valence-electron chi connectivity index (χ2n) is 2.23. The minimum atomic E-state index is 0.950. The Balaban J connectivity index is 3.15. The summed E-state index contributed by atoms with van der Waals surface area (Å²) in [5.41, 5.74) is 2.06. The molecule has 0 aliphatic heterocycles. The predicted octanol–water partition coefficient (Wildman–Crippen LogP) is 2.70. The van der Waals surface area contributed by atoms with Crippen molar-refractivity contribution in [1.82, 2.24) is 0 Å². The number of rotatable bonds is 1. The first-order valence-electron chi connectivity index (χ1n) is 3.57. The lowest BCUT2D eigenvalue weighted by Gasteiger charge is -1.95. The van der Waals surface area contributed by atoms with E-state index in [4.69, 9.17) is 6.42 Å². The quantitative estimate of drug-likeness (QED) is 0.529. The molecule has 0 heterocycles. The molecule has 0 unspecified atom stereocenters. The normalized spacial score (nSPS) is 9.82. The summed E-state index contributed by atoms with van der Waals surface area (Å²) in [6, 6.07) is 7.88. The fourth-order valence-corrected chi connectivity index (χ4v) is 0.953. The van der Waals surface area contributed by atoms with E-state index in [1.54, 1.807) is 0 Å². The van der Waals surface area contributed by atoms with Crippen molar-refractivity contribution in [3.8, 4) is 12.3 Å². The molecule has 0 bridgehead atoms. The third kappa shape index (κ3) is 1.72. The van der Waals surface area contributed by atoms with Crippen LogP contribution in [0.1, 0.15) is 18.1 Å². The van der Waals surface area contributed by atoms with Crippen LogP contribution < -0.4 is 0 Å². The first-order valence-corrected chi connectivity index (χ1v) is 3.57. The first-order chi connectivity index (χ1) is 5.38. The standard InChI is InChI=1S/C11H10/c1-3-7-11-9-6-5-8-10(11)4-2/h2-3,5-9H,1H3/b7-3-. The highest BCUT2D eigenvalue weighted by Crippen LogP contribution is 2.08. The van der Waals surface area contributed by atoms with Gasteiger partial charge in [0.2, 0.25) is 0 Å². The third-order valence-electron chi connectivity index (χ3n) is 1.46. The highest BCUT2D eigenvalue weighted by atomic mass is 13.9. The van der Waals surface area contributed by atoms with E-state index >= 15 is 0 Å². The third-order valence-corrected chi connectivity index (χ3v) is 1.46. The maximum atomic E-state index is 5.30. The molecule has 0 radical (unpaired) electrons. The molecule has 0 saturated carbocycles. The van der Waals surface area contributed by atoms with Crippen molar-refractivity contribution in [3.63, 3.8) is 0 Å². The Morgan fingerprint density at radius 2 is 2.09 bits per heavy atom. The molecule has 1 aromatic rings. The molecular formula is C11H10. The molecule has 11 heavy (non-hydrogen) atoms. The Morgan fingerprint density at radius 1 is 1.36 bits per heavy atom. The number of benzene rings is 1. The molecule has 54 valence electrons. The van der Waals surface area contributed by atoms with E-state index in [9.17, 15) is 0 Å². The summed E-state index contributed by atoms with van der Waals surface area (Å²) in [5, 5.41) is 0. The summed E-state index contributed by atoms with van der Waals surface area (Å²) in [6.45, 7) is 1.98. The molecule has 0 N–H and O–H groups in total. The predicted molar refractivity (Wildman–Crippen MR) is 49.1 cm³/mol. The molecule has 1 aromatic carbocycles. The van der Waals surface area contributed by atoms with Crippen molar-refractivity contribution >= 4 is 6.08 Å². The smallest absolute Gasteiger partial charge is 0.0314 e. The number of terminal acetylenes is 1. The summed E-state index contributed by atoms with van der Waals surface area (Å²) in [7, 11) is 0. The number of hydrogen-bond acceptors (Lipinski definition) is 0. The van der Waals surface area contributed by atoms with Gasteiger partial charge in [0.1, 0.15) is 0 Å². The van der Waals surface area contributed by atoms with Gasteiger partial charge in [0, 0.05) is 5.56 Å². The Hall–Kier alpha value is -1.48. The Labute approximate surface area is 67.6 Å². The highest BCUT2D eigenvalue weighted by molar-refractivity contribution is 5.58. The summed E-state index contributed by atoms with van der Waals surface area (Å²) in [4.78, 5) is 0. The molecule has 0 amide bonds. The van der Waals surface area contributed by atoms with Crippen molar-refractivity contribution in [2.45, 2.75) is 6.92 Å². The molecule has 0 heteroatoms. The van der Waals surface area contributed by atoms with E-state index in [-0.39, 0.29) is 0 Å². The highest BCUT2D eigenvalue weighted by Gasteiger charge is 1.91. The van der Waals surface area contributed by atoms with Crippen LogP contribution in [0.3, 0.4) is 0 Å². The summed E-state index contributed by atoms with van der Waals surface area (Å²) in [6.07, 6.45) is 9.29. The maximum Gasteiger partial charge on any atom is 0.0314 e. The molecule has 1 rings (SSSR count). The monoisotopic (exact) mass is 142 g/mol. The zero-order chi connectivity index (χ0) is 8.10. The molecule has 0 aliphatic rings. The molecule has 0 saturated heterocycles. The van der Waals surface area contributed by atoms with Gasteiger partial charge in [0.15, 0.2) is 0 Å². The van der Waals surface area contributed by atoms with Crippen LogP contribution in [0, 0.1) is 12.3 Å². The molecule has 0 aromatic heterocycles. The average molecular weight is 142 g/mol. The Morgan fingerprint density at radius 3 is 2.73 bits per heavy atom. The second-order valence-corrected chi connectivity index (χ2v) is 2.23. The van der Waals surface area contributed by atoms with Crippen LogP contribution in [0.2, 0.25) is 0 Å². The zero-order valence-electron chi connectivity index (χ0n) is 6.54. The van der Waals surface area contributed by atoms with Crippen molar-refractivity contribution in [2.24, 2.45) is 0 Å². The topological polar surface area (TPSA) is 0 Å². The van der Waals surface area contributed by atoms with Crippen LogP contribution in [-0.2, 0) is 0 Å². The Bertz CT molecular complexity index is 300. The van der Waals surface area contributed by atoms with Gasteiger partial charge in [-0.05, 0) is 18.6 Å². The minimum absolute atomic E-state index is 0.950. The maximum absolute atomic E-state index is 5.30. The van der Waals surface area contributed by atoms with Gasteiger partial charge in [0.05, 0.1) is 0 Å². The van der Waals surface area contributed by atoms with Gasteiger partial charge >= 0.3 is 0 Å². The minimum Gasteiger partial charge on any atom is -0.115 e. The molecule has 0 aliphatic carbocycles. The zero-order valence-corrected chi connectivity index (χ0v) is 6.54. The fraction of sp³-hybridized carbons (Fsp3) is 0.0909. The Kier molecular flexibility index (Phi) is 2.52. The van der Waals surface area contributed by atoms with Gasteiger partial charge < -0.3 is 0 Å². The van der Waals surface area contributed by atoms with Crippen LogP contribution in [0.4, 0.5) is 0 Å². The second kappa shape index (κ2) is 3.63. The van der Waals surface area contributed by atoms with Crippen LogP contribution >= 0.6 is 0 Å². The molecule has 0 spiro atoms. The van der Waals surface area contributed by atoms with Crippen molar-refractivity contribution in [3.05, 3.63) is 41.5 Å². The molecule has 0 nitrogen and oxygen atoms in total. The fourth-order valence-electron chi connectivity index (χ4n) is 0.953. The summed E-state index contributed by atoms with van der Waals surface area (Å²) in [5.74, 6) is 2.63.